The summed E-state index contributed by atoms with van der Waals surface area (Å²) in [6, 6.07) is 4.64. The summed E-state index contributed by atoms with van der Waals surface area (Å²) < 4.78 is 19.0. The lowest BCUT2D eigenvalue weighted by Gasteiger charge is -2.32. The number of hydrogen-bond donors (Lipinski definition) is 3. The van der Waals surface area contributed by atoms with Gasteiger partial charge in [-0.25, -0.2) is 9.18 Å². The van der Waals surface area contributed by atoms with Crippen molar-refractivity contribution in [3.63, 3.8) is 0 Å². The minimum Gasteiger partial charge on any atom is -0.394 e. The van der Waals surface area contributed by atoms with Crippen LogP contribution in [0.1, 0.15) is 36.9 Å². The third-order valence-electron chi connectivity index (χ3n) is 4.18. The number of urea groups is 1. The van der Waals surface area contributed by atoms with E-state index in [-0.39, 0.29) is 30.4 Å². The first-order chi connectivity index (χ1) is 11.1. The molecule has 2 unspecified atom stereocenters. The maximum Gasteiger partial charge on any atom is 0.315 e. The molecule has 0 spiro atoms. The minimum absolute atomic E-state index is 0.00342. The molecule has 2 atom stereocenters. The second-order valence-electron chi connectivity index (χ2n) is 5.89. The molecule has 2 amide bonds. The van der Waals surface area contributed by atoms with Crippen molar-refractivity contribution in [3.8, 4) is 0 Å². The first kappa shape index (κ1) is 17.7. The van der Waals surface area contributed by atoms with Crippen LogP contribution in [0.5, 0.6) is 0 Å². The Morgan fingerprint density at radius 3 is 3.04 bits per heavy atom. The maximum atomic E-state index is 13.9. The van der Waals surface area contributed by atoms with Crippen LogP contribution in [0.25, 0.3) is 0 Å². The molecule has 3 N–H and O–H groups in total. The lowest BCUT2D eigenvalue weighted by atomic mass is 9.80. The topological polar surface area (TPSA) is 70.6 Å². The number of aliphatic hydroxyl groups is 1. The zero-order valence-corrected chi connectivity index (χ0v) is 13.5. The second-order valence-corrected chi connectivity index (χ2v) is 5.89. The fourth-order valence-corrected chi connectivity index (χ4v) is 2.93. The van der Waals surface area contributed by atoms with Crippen molar-refractivity contribution in [1.82, 2.24) is 10.6 Å². The van der Waals surface area contributed by atoms with Crippen LogP contribution >= 0.6 is 0 Å². The highest BCUT2D eigenvalue weighted by molar-refractivity contribution is 5.74. The maximum absolute atomic E-state index is 13.9. The third-order valence-corrected chi connectivity index (χ3v) is 4.18. The number of amides is 2. The summed E-state index contributed by atoms with van der Waals surface area (Å²) in [7, 11) is 0. The number of fused-ring (bicyclic) bond motifs is 1. The molecule has 23 heavy (non-hydrogen) atoms. The molecule has 5 nitrogen and oxygen atoms in total. The van der Waals surface area contributed by atoms with Crippen molar-refractivity contribution in [2.75, 3.05) is 26.4 Å². The Bertz CT molecular complexity index is 525. The van der Waals surface area contributed by atoms with Crippen molar-refractivity contribution in [2.45, 2.75) is 32.2 Å². The number of ether oxygens (including phenoxy) is 1. The van der Waals surface area contributed by atoms with Gasteiger partial charge in [0.05, 0.1) is 19.3 Å². The summed E-state index contributed by atoms with van der Waals surface area (Å²) in [6.07, 6.45) is 2.25. The van der Waals surface area contributed by atoms with E-state index in [1.54, 1.807) is 6.07 Å². The highest BCUT2D eigenvalue weighted by atomic mass is 19.1. The molecule has 1 aromatic carbocycles. The zero-order valence-electron chi connectivity index (χ0n) is 13.5. The quantitative estimate of drug-likeness (QED) is 0.673. The predicted octanol–water partition coefficient (Wildman–Crippen LogP) is 2.15. The molecule has 1 aliphatic carbocycles. The zero-order chi connectivity index (χ0) is 16.7. The number of halogens is 1. The van der Waals surface area contributed by atoms with Crippen LogP contribution in [-0.2, 0) is 11.2 Å². The van der Waals surface area contributed by atoms with E-state index in [1.807, 2.05) is 6.07 Å². The van der Waals surface area contributed by atoms with Crippen LogP contribution < -0.4 is 10.6 Å². The van der Waals surface area contributed by atoms with E-state index < -0.39 is 0 Å². The number of carbonyl (C=O) groups excluding carboxylic acids is 1. The van der Waals surface area contributed by atoms with E-state index in [2.05, 4.69) is 17.6 Å². The van der Waals surface area contributed by atoms with Crippen LogP contribution in [-0.4, -0.2) is 37.5 Å². The van der Waals surface area contributed by atoms with Gasteiger partial charge in [0.25, 0.3) is 0 Å². The molecule has 0 aliphatic heterocycles. The summed E-state index contributed by atoms with van der Waals surface area (Å²) in [4.78, 5) is 12.0. The van der Waals surface area contributed by atoms with Gasteiger partial charge < -0.3 is 20.5 Å². The van der Waals surface area contributed by atoms with E-state index in [0.29, 0.717) is 38.2 Å². The minimum atomic E-state index is -0.249. The summed E-state index contributed by atoms with van der Waals surface area (Å²) in [5.41, 5.74) is 1.60. The van der Waals surface area contributed by atoms with Gasteiger partial charge in [0.1, 0.15) is 5.82 Å². The van der Waals surface area contributed by atoms with Crippen LogP contribution in [0, 0.1) is 11.7 Å². The SMILES string of the molecule is CC1CCc2c(F)cccc2C1NC(=O)NCCCOCCO. The molecule has 1 aromatic rings. The van der Waals surface area contributed by atoms with Gasteiger partial charge in [-0.15, -0.1) is 0 Å². The van der Waals surface area contributed by atoms with Crippen LogP contribution in [0.3, 0.4) is 0 Å². The van der Waals surface area contributed by atoms with Crippen LogP contribution in [0.4, 0.5) is 9.18 Å². The van der Waals surface area contributed by atoms with Gasteiger partial charge in [0, 0.05) is 13.2 Å². The summed E-state index contributed by atoms with van der Waals surface area (Å²) in [5.74, 6) is 0.0746. The molecule has 0 heterocycles. The average molecular weight is 324 g/mol. The molecule has 0 fully saturated rings. The summed E-state index contributed by atoms with van der Waals surface area (Å²) in [5, 5.41) is 14.3. The number of aliphatic hydroxyl groups excluding tert-OH is 1. The molecule has 6 heteroatoms. The lowest BCUT2D eigenvalue weighted by Crippen LogP contribution is -2.42. The smallest absolute Gasteiger partial charge is 0.315 e. The highest BCUT2D eigenvalue weighted by Crippen LogP contribution is 2.35. The first-order valence-corrected chi connectivity index (χ1v) is 8.13. The molecule has 2 rings (SSSR count). The van der Waals surface area contributed by atoms with E-state index in [4.69, 9.17) is 9.84 Å². The van der Waals surface area contributed by atoms with Crippen molar-refractivity contribution < 1.29 is 19.0 Å². The number of rotatable bonds is 7. The van der Waals surface area contributed by atoms with Gasteiger partial charge >= 0.3 is 6.03 Å². The Morgan fingerprint density at radius 1 is 1.43 bits per heavy atom. The normalized spacial score (nSPS) is 20.0. The Hall–Kier alpha value is -1.66. The number of carbonyl (C=O) groups is 1. The molecule has 0 saturated heterocycles. The Labute approximate surface area is 136 Å². The molecule has 0 saturated carbocycles. The highest BCUT2D eigenvalue weighted by Gasteiger charge is 2.29. The first-order valence-electron chi connectivity index (χ1n) is 8.13. The molecular weight excluding hydrogens is 299 g/mol. The average Bonchev–Trinajstić information content (AvgIpc) is 2.54. The second kappa shape index (κ2) is 8.84. The Balaban J connectivity index is 1.85. The van der Waals surface area contributed by atoms with E-state index in [1.165, 1.54) is 6.07 Å². The monoisotopic (exact) mass is 324 g/mol. The molecule has 0 bridgehead atoms. The van der Waals surface area contributed by atoms with E-state index in [0.717, 1.165) is 12.0 Å². The van der Waals surface area contributed by atoms with Crippen molar-refractivity contribution in [3.05, 3.63) is 35.1 Å². The Kier molecular flexibility index (Phi) is 6.80. The van der Waals surface area contributed by atoms with Crippen molar-refractivity contribution in [1.29, 1.82) is 0 Å². The fourth-order valence-electron chi connectivity index (χ4n) is 2.93. The van der Waals surface area contributed by atoms with Gasteiger partial charge in [-0.2, -0.15) is 0 Å². The standard InChI is InChI=1S/C17H25FN2O3/c1-12-6-7-13-14(4-2-5-15(13)18)16(12)20-17(22)19-8-3-10-23-11-9-21/h2,4-5,12,16,21H,3,6-11H2,1H3,(H2,19,20,22). The summed E-state index contributed by atoms with van der Waals surface area (Å²) in [6.45, 7) is 3.38. The van der Waals surface area contributed by atoms with Crippen molar-refractivity contribution >= 4 is 6.03 Å². The predicted molar refractivity (Wildman–Crippen MR) is 85.7 cm³/mol. The van der Waals surface area contributed by atoms with Gasteiger partial charge in [0.15, 0.2) is 0 Å². The van der Waals surface area contributed by atoms with Gasteiger partial charge in [-0.1, -0.05) is 19.1 Å². The van der Waals surface area contributed by atoms with E-state index >= 15 is 0 Å². The molecule has 1 aliphatic rings. The number of hydrogen-bond acceptors (Lipinski definition) is 3. The molecular formula is C17H25FN2O3. The van der Waals surface area contributed by atoms with Gasteiger partial charge in [0.2, 0.25) is 0 Å². The third kappa shape index (κ3) is 4.91. The molecule has 128 valence electrons. The van der Waals surface area contributed by atoms with E-state index in [9.17, 15) is 9.18 Å². The van der Waals surface area contributed by atoms with Gasteiger partial charge in [-0.05, 0) is 42.4 Å². The van der Waals surface area contributed by atoms with Gasteiger partial charge in [-0.3, -0.25) is 0 Å². The largest absolute Gasteiger partial charge is 0.394 e. The lowest BCUT2D eigenvalue weighted by molar-refractivity contribution is 0.0909. The van der Waals surface area contributed by atoms with Crippen LogP contribution in [0.15, 0.2) is 18.2 Å². The fraction of sp³-hybridized carbons (Fsp3) is 0.588. The molecule has 0 radical (unpaired) electrons. The van der Waals surface area contributed by atoms with Crippen LogP contribution in [0.2, 0.25) is 0 Å². The summed E-state index contributed by atoms with van der Waals surface area (Å²) >= 11 is 0. The molecule has 0 aromatic heterocycles. The number of nitrogens with one attached hydrogen (secondary N) is 2. The Morgan fingerprint density at radius 2 is 2.26 bits per heavy atom. The van der Waals surface area contributed by atoms with Crippen molar-refractivity contribution in [2.24, 2.45) is 5.92 Å². The number of benzene rings is 1.